The fourth-order valence-corrected chi connectivity index (χ4v) is 2.13. The predicted octanol–water partition coefficient (Wildman–Crippen LogP) is 3.36. The topological polar surface area (TPSA) is 59.5 Å². The van der Waals surface area contributed by atoms with Gasteiger partial charge in [-0.3, -0.25) is 4.79 Å². The second-order valence-corrected chi connectivity index (χ2v) is 5.31. The number of nitrogen functional groups attached to an aromatic ring is 1. The summed E-state index contributed by atoms with van der Waals surface area (Å²) in [5.41, 5.74) is 6.07. The van der Waals surface area contributed by atoms with Gasteiger partial charge in [0.05, 0.1) is 6.54 Å². The van der Waals surface area contributed by atoms with E-state index in [-0.39, 0.29) is 23.2 Å². The molecule has 1 heterocycles. The van der Waals surface area contributed by atoms with Crippen LogP contribution in [0.2, 0.25) is 0 Å². The summed E-state index contributed by atoms with van der Waals surface area (Å²) < 4.78 is 18.9. The van der Waals surface area contributed by atoms with E-state index in [1.54, 1.807) is 4.90 Å². The summed E-state index contributed by atoms with van der Waals surface area (Å²) in [6.45, 7) is 5.98. The molecule has 5 heteroatoms. The molecule has 0 aliphatic rings. The number of carbonyl (C=O) groups excluding carboxylic acids is 1. The van der Waals surface area contributed by atoms with Gasteiger partial charge in [0.25, 0.3) is 5.91 Å². The smallest absolute Gasteiger partial charge is 0.254 e. The third kappa shape index (κ3) is 3.62. The zero-order valence-corrected chi connectivity index (χ0v) is 12.4. The molecule has 0 spiro atoms. The van der Waals surface area contributed by atoms with Crippen molar-refractivity contribution in [1.29, 1.82) is 0 Å². The maximum absolute atomic E-state index is 13.4. The van der Waals surface area contributed by atoms with E-state index in [1.807, 2.05) is 32.9 Å². The molecule has 0 saturated heterocycles. The Hall–Kier alpha value is -2.30. The first-order chi connectivity index (χ1) is 9.86. The Labute approximate surface area is 123 Å². The average molecular weight is 290 g/mol. The molecule has 1 amide bonds. The van der Waals surface area contributed by atoms with Gasteiger partial charge in [-0.1, -0.05) is 0 Å². The quantitative estimate of drug-likeness (QED) is 0.878. The molecule has 2 N–H and O–H groups in total. The molecule has 4 nitrogen and oxygen atoms in total. The number of nitrogens with zero attached hydrogens (tertiary/aromatic N) is 1. The second-order valence-electron chi connectivity index (χ2n) is 5.31. The van der Waals surface area contributed by atoms with Crippen molar-refractivity contribution >= 4 is 11.6 Å². The summed E-state index contributed by atoms with van der Waals surface area (Å²) in [4.78, 5) is 14.2. The molecule has 0 radical (unpaired) electrons. The van der Waals surface area contributed by atoms with Gasteiger partial charge >= 0.3 is 0 Å². The highest BCUT2D eigenvalue weighted by Gasteiger charge is 2.21. The minimum atomic E-state index is -0.518. The number of halogens is 1. The van der Waals surface area contributed by atoms with Crippen LogP contribution in [-0.4, -0.2) is 16.8 Å². The Bertz CT molecular complexity index is 629. The van der Waals surface area contributed by atoms with Crippen LogP contribution in [0.15, 0.2) is 34.7 Å². The summed E-state index contributed by atoms with van der Waals surface area (Å²) in [6.07, 6.45) is 0. The Kier molecular flexibility index (Phi) is 4.31. The van der Waals surface area contributed by atoms with Crippen LogP contribution in [-0.2, 0) is 6.54 Å². The van der Waals surface area contributed by atoms with Gasteiger partial charge in [-0.2, -0.15) is 0 Å². The third-order valence-corrected chi connectivity index (χ3v) is 3.17. The van der Waals surface area contributed by atoms with Gasteiger partial charge in [-0.25, -0.2) is 4.39 Å². The van der Waals surface area contributed by atoms with Crippen LogP contribution in [0.5, 0.6) is 0 Å². The highest BCUT2D eigenvalue weighted by Crippen LogP contribution is 2.18. The fourth-order valence-electron chi connectivity index (χ4n) is 2.13. The van der Waals surface area contributed by atoms with Crippen molar-refractivity contribution < 1.29 is 13.6 Å². The molecule has 112 valence electrons. The number of anilines is 1. The van der Waals surface area contributed by atoms with Crippen LogP contribution in [0.25, 0.3) is 0 Å². The molecular weight excluding hydrogens is 271 g/mol. The van der Waals surface area contributed by atoms with Gasteiger partial charge in [-0.15, -0.1) is 0 Å². The van der Waals surface area contributed by atoms with Crippen LogP contribution in [0.4, 0.5) is 10.1 Å². The largest absolute Gasteiger partial charge is 0.464 e. The van der Waals surface area contributed by atoms with E-state index in [4.69, 9.17) is 10.2 Å². The fraction of sp³-hybridized carbons (Fsp3) is 0.312. The third-order valence-electron chi connectivity index (χ3n) is 3.17. The van der Waals surface area contributed by atoms with Crippen LogP contribution < -0.4 is 5.73 Å². The monoisotopic (exact) mass is 290 g/mol. The van der Waals surface area contributed by atoms with Crippen molar-refractivity contribution in [2.24, 2.45) is 0 Å². The van der Waals surface area contributed by atoms with E-state index < -0.39 is 5.82 Å². The zero-order valence-electron chi connectivity index (χ0n) is 12.4. The van der Waals surface area contributed by atoms with Gasteiger partial charge in [0, 0.05) is 17.3 Å². The first kappa shape index (κ1) is 15.1. The summed E-state index contributed by atoms with van der Waals surface area (Å²) >= 11 is 0. The molecule has 21 heavy (non-hydrogen) atoms. The number of benzene rings is 1. The molecule has 0 aliphatic heterocycles. The number of hydrogen-bond acceptors (Lipinski definition) is 3. The van der Waals surface area contributed by atoms with Crippen molar-refractivity contribution in [2.75, 3.05) is 5.73 Å². The zero-order chi connectivity index (χ0) is 15.6. The minimum absolute atomic E-state index is 0.0487. The lowest BCUT2D eigenvalue weighted by Gasteiger charge is -2.26. The number of carbonyl (C=O) groups is 1. The highest BCUT2D eigenvalue weighted by atomic mass is 19.1. The number of furan rings is 1. The Morgan fingerprint density at radius 2 is 2.05 bits per heavy atom. The number of amides is 1. The molecule has 0 unspecified atom stereocenters. The summed E-state index contributed by atoms with van der Waals surface area (Å²) in [6, 6.07) is 7.49. The maximum Gasteiger partial charge on any atom is 0.254 e. The number of aryl methyl sites for hydroxylation is 1. The molecule has 1 aromatic heterocycles. The summed E-state index contributed by atoms with van der Waals surface area (Å²) in [5, 5.41) is 0. The van der Waals surface area contributed by atoms with E-state index in [0.717, 1.165) is 5.76 Å². The lowest BCUT2D eigenvalue weighted by atomic mass is 10.1. The lowest BCUT2D eigenvalue weighted by molar-refractivity contribution is 0.0675. The Morgan fingerprint density at radius 1 is 1.33 bits per heavy atom. The molecule has 1 aromatic carbocycles. The standard InChI is InChI=1S/C16H19FN2O2/c1-10(2)19(9-15-5-4-11(3)21-15)16(20)12-6-13(17)8-14(18)7-12/h4-8,10H,9,18H2,1-3H3. The minimum Gasteiger partial charge on any atom is -0.464 e. The number of hydrogen-bond donors (Lipinski definition) is 1. The molecule has 2 aromatic rings. The molecule has 0 saturated carbocycles. The van der Waals surface area contributed by atoms with Gasteiger partial charge in [0.15, 0.2) is 0 Å². The first-order valence-electron chi connectivity index (χ1n) is 6.79. The lowest BCUT2D eigenvalue weighted by Crippen LogP contribution is -2.36. The maximum atomic E-state index is 13.4. The number of rotatable bonds is 4. The van der Waals surface area contributed by atoms with Crippen LogP contribution in [0, 0.1) is 12.7 Å². The van der Waals surface area contributed by atoms with E-state index in [0.29, 0.717) is 12.3 Å². The molecule has 0 aliphatic carbocycles. The highest BCUT2D eigenvalue weighted by molar-refractivity contribution is 5.95. The molecule has 2 rings (SSSR count). The van der Waals surface area contributed by atoms with Crippen molar-refractivity contribution in [3.63, 3.8) is 0 Å². The van der Waals surface area contributed by atoms with Crippen molar-refractivity contribution in [2.45, 2.75) is 33.4 Å². The van der Waals surface area contributed by atoms with Crippen LogP contribution in [0.1, 0.15) is 35.7 Å². The average Bonchev–Trinajstić information content (AvgIpc) is 2.79. The predicted molar refractivity (Wildman–Crippen MR) is 79.3 cm³/mol. The van der Waals surface area contributed by atoms with Gasteiger partial charge in [-0.05, 0) is 51.1 Å². The molecule has 0 atom stereocenters. The molecule has 0 fully saturated rings. The van der Waals surface area contributed by atoms with Crippen molar-refractivity contribution in [1.82, 2.24) is 4.90 Å². The summed E-state index contributed by atoms with van der Waals surface area (Å²) in [7, 11) is 0. The van der Waals surface area contributed by atoms with Crippen LogP contribution in [0.3, 0.4) is 0 Å². The van der Waals surface area contributed by atoms with E-state index in [1.165, 1.54) is 18.2 Å². The van der Waals surface area contributed by atoms with E-state index in [9.17, 15) is 9.18 Å². The van der Waals surface area contributed by atoms with E-state index in [2.05, 4.69) is 0 Å². The van der Waals surface area contributed by atoms with Crippen LogP contribution >= 0.6 is 0 Å². The molecular formula is C16H19FN2O2. The van der Waals surface area contributed by atoms with Gasteiger partial charge in [0.1, 0.15) is 17.3 Å². The first-order valence-corrected chi connectivity index (χ1v) is 6.79. The summed E-state index contributed by atoms with van der Waals surface area (Å²) in [5.74, 6) is 0.691. The second kappa shape index (κ2) is 5.99. The Morgan fingerprint density at radius 3 is 2.57 bits per heavy atom. The van der Waals surface area contributed by atoms with Crippen molar-refractivity contribution in [3.05, 3.63) is 53.2 Å². The van der Waals surface area contributed by atoms with Gasteiger partial charge in [0.2, 0.25) is 0 Å². The number of nitrogens with two attached hydrogens (primary N) is 1. The van der Waals surface area contributed by atoms with Gasteiger partial charge < -0.3 is 15.1 Å². The SMILES string of the molecule is Cc1ccc(CN(C(=O)c2cc(N)cc(F)c2)C(C)C)o1. The molecule has 0 bridgehead atoms. The Balaban J connectivity index is 2.26. The van der Waals surface area contributed by atoms with Crippen molar-refractivity contribution in [3.8, 4) is 0 Å². The van der Waals surface area contributed by atoms with E-state index >= 15 is 0 Å². The normalized spacial score (nSPS) is 10.9.